The van der Waals surface area contributed by atoms with Crippen LogP contribution in [-0.4, -0.2) is 27.4 Å². The van der Waals surface area contributed by atoms with E-state index in [0.717, 1.165) is 17.5 Å². The molecule has 2 aromatic rings. The average Bonchev–Trinajstić information content (AvgIpc) is 2.93. The van der Waals surface area contributed by atoms with Gasteiger partial charge < -0.3 is 0 Å². The van der Waals surface area contributed by atoms with Crippen LogP contribution in [0.5, 0.6) is 0 Å². The van der Waals surface area contributed by atoms with Crippen LogP contribution in [0, 0.1) is 6.92 Å². The number of rotatable bonds is 5. The van der Waals surface area contributed by atoms with Crippen molar-refractivity contribution in [3.8, 4) is 0 Å². The second-order valence-electron chi connectivity index (χ2n) is 5.96. The zero-order valence-electron chi connectivity index (χ0n) is 14.4. The van der Waals surface area contributed by atoms with E-state index < -0.39 is 0 Å². The number of benzene rings is 2. The molecule has 0 N–H and O–H groups in total. The fourth-order valence-electron chi connectivity index (χ4n) is 2.55. The summed E-state index contributed by atoms with van der Waals surface area (Å²) in [5.74, 6) is 0.112. The summed E-state index contributed by atoms with van der Waals surface area (Å²) in [4.78, 5) is 14.3. The van der Waals surface area contributed by atoms with Crippen LogP contribution in [0.1, 0.15) is 30.0 Å². The van der Waals surface area contributed by atoms with E-state index in [1.165, 1.54) is 17.3 Å². The van der Waals surface area contributed by atoms with Gasteiger partial charge in [0.05, 0.1) is 18.0 Å². The predicted octanol–water partition coefficient (Wildman–Crippen LogP) is 4.24. The second kappa shape index (κ2) is 8.12. The Bertz CT molecular complexity index is 784. The fraction of sp³-hybridized carbons (Fsp3) is 0.250. The molecule has 1 fully saturated rings. The maximum absolute atomic E-state index is 12.6. The molecule has 2 aromatic carbocycles. The number of carbonyl (C=O) groups excluding carboxylic acids is 1. The number of thioether (sulfide) groups is 1. The van der Waals surface area contributed by atoms with Crippen molar-refractivity contribution >= 4 is 29.1 Å². The quantitative estimate of drug-likeness (QED) is 0.597. The normalized spacial score (nSPS) is 19.3. The smallest absolute Gasteiger partial charge is 0.242 e. The lowest BCUT2D eigenvalue weighted by atomic mass is 10.2. The minimum absolute atomic E-state index is 0.0722. The molecule has 0 unspecified atom stereocenters. The maximum atomic E-state index is 12.6. The molecule has 0 aromatic heterocycles. The summed E-state index contributed by atoms with van der Waals surface area (Å²) >= 11 is 1.50. The van der Waals surface area contributed by atoms with Gasteiger partial charge in [0.2, 0.25) is 5.91 Å². The summed E-state index contributed by atoms with van der Waals surface area (Å²) in [5.41, 5.74) is 3.29. The first-order valence-corrected chi connectivity index (χ1v) is 9.25. The predicted molar refractivity (Wildman–Crippen MR) is 105 cm³/mol. The number of aryl methyl sites for hydroxylation is 1. The van der Waals surface area contributed by atoms with E-state index in [1.807, 2.05) is 68.4 Å². The van der Waals surface area contributed by atoms with E-state index >= 15 is 0 Å². The number of hydrogen-bond donors (Lipinski definition) is 0. The Morgan fingerprint density at radius 3 is 2.52 bits per heavy atom. The van der Waals surface area contributed by atoms with Gasteiger partial charge in [-0.2, -0.15) is 5.10 Å². The molecule has 1 amide bonds. The van der Waals surface area contributed by atoms with Crippen LogP contribution in [-0.2, 0) is 11.3 Å². The minimum atomic E-state index is -0.0722. The molecule has 0 aliphatic carbocycles. The highest BCUT2D eigenvalue weighted by Gasteiger charge is 2.36. The van der Waals surface area contributed by atoms with Gasteiger partial charge in [-0.15, -0.1) is 5.10 Å². The van der Waals surface area contributed by atoms with Crippen molar-refractivity contribution < 1.29 is 4.79 Å². The van der Waals surface area contributed by atoms with Crippen LogP contribution < -0.4 is 0 Å². The van der Waals surface area contributed by atoms with Crippen LogP contribution in [0.4, 0.5) is 0 Å². The topological polar surface area (TPSA) is 45.0 Å². The van der Waals surface area contributed by atoms with Crippen molar-refractivity contribution in [2.45, 2.75) is 32.1 Å². The van der Waals surface area contributed by atoms with Crippen LogP contribution in [0.25, 0.3) is 0 Å². The third-order valence-corrected chi connectivity index (χ3v) is 5.33. The van der Waals surface area contributed by atoms with E-state index in [0.29, 0.717) is 11.7 Å². The summed E-state index contributed by atoms with van der Waals surface area (Å²) < 4.78 is 0. The molecule has 1 saturated heterocycles. The molecule has 4 nitrogen and oxygen atoms in total. The van der Waals surface area contributed by atoms with E-state index in [2.05, 4.69) is 10.2 Å². The van der Waals surface area contributed by atoms with Gasteiger partial charge in [0, 0.05) is 0 Å². The van der Waals surface area contributed by atoms with Crippen LogP contribution in [0.2, 0.25) is 0 Å². The van der Waals surface area contributed by atoms with Gasteiger partial charge in [0.1, 0.15) is 0 Å². The molecule has 1 heterocycles. The highest BCUT2D eigenvalue weighted by atomic mass is 32.2. The fourth-order valence-corrected chi connectivity index (χ4v) is 3.58. The van der Waals surface area contributed by atoms with Crippen molar-refractivity contribution in [3.63, 3.8) is 0 Å². The maximum Gasteiger partial charge on any atom is 0.242 e. The molecule has 1 atom stereocenters. The lowest BCUT2D eigenvalue weighted by molar-refractivity contribution is -0.126. The number of nitrogens with zero attached hydrogens (tertiary/aromatic N) is 3. The van der Waals surface area contributed by atoms with Crippen molar-refractivity contribution in [1.82, 2.24) is 4.90 Å². The van der Waals surface area contributed by atoms with Crippen molar-refractivity contribution in [3.05, 3.63) is 71.3 Å². The molecular formula is C20H21N3OS. The van der Waals surface area contributed by atoms with Crippen molar-refractivity contribution in [1.29, 1.82) is 0 Å². The molecule has 0 bridgehead atoms. The Hall–Kier alpha value is -2.40. The largest absolute Gasteiger partial charge is 0.284 e. The average molecular weight is 351 g/mol. The van der Waals surface area contributed by atoms with Crippen molar-refractivity contribution in [2.75, 3.05) is 0 Å². The van der Waals surface area contributed by atoms with Crippen LogP contribution >= 0.6 is 11.8 Å². The summed E-state index contributed by atoms with van der Waals surface area (Å²) in [6.07, 6.45) is 2.51. The molecule has 0 spiro atoms. The van der Waals surface area contributed by atoms with Gasteiger partial charge >= 0.3 is 0 Å². The Labute approximate surface area is 152 Å². The third kappa shape index (κ3) is 4.37. The molecule has 0 saturated carbocycles. The Balaban J connectivity index is 1.78. The Kier molecular flexibility index (Phi) is 5.66. The highest BCUT2D eigenvalue weighted by molar-refractivity contribution is 8.15. The standard InChI is InChI=1S/C20H21N3OS/c1-3-18-19(24)23(14-17-7-5-4-6-8-17)20(25-18)22-21-13-16-11-9-15(2)10-12-16/h4-13,18H,3,14H2,1-2H3/b21-13-,22-20+/t18-/m1/s1. The molecule has 25 heavy (non-hydrogen) atoms. The van der Waals surface area contributed by atoms with Gasteiger partial charge in [-0.05, 0) is 24.5 Å². The summed E-state index contributed by atoms with van der Waals surface area (Å²) in [7, 11) is 0. The molecule has 3 rings (SSSR count). The first-order valence-electron chi connectivity index (χ1n) is 8.37. The van der Waals surface area contributed by atoms with Gasteiger partial charge in [-0.1, -0.05) is 78.8 Å². The summed E-state index contributed by atoms with van der Waals surface area (Å²) in [6, 6.07) is 18.0. The SMILES string of the molecule is CC[C@H]1S/C(=N/N=C\c2ccc(C)cc2)N(Cc2ccccc2)C1=O. The lowest BCUT2D eigenvalue weighted by Gasteiger charge is -2.15. The summed E-state index contributed by atoms with van der Waals surface area (Å²) in [6.45, 7) is 4.60. The minimum Gasteiger partial charge on any atom is -0.284 e. The van der Waals surface area contributed by atoms with E-state index in [9.17, 15) is 4.79 Å². The highest BCUT2D eigenvalue weighted by Crippen LogP contribution is 2.30. The van der Waals surface area contributed by atoms with E-state index in [-0.39, 0.29) is 11.2 Å². The van der Waals surface area contributed by atoms with Gasteiger partial charge in [-0.25, -0.2) is 0 Å². The first-order chi connectivity index (χ1) is 12.2. The van der Waals surface area contributed by atoms with Crippen LogP contribution in [0.15, 0.2) is 64.8 Å². The van der Waals surface area contributed by atoms with Crippen molar-refractivity contribution in [2.24, 2.45) is 10.2 Å². The van der Waals surface area contributed by atoms with E-state index in [4.69, 9.17) is 0 Å². The number of amides is 1. The Morgan fingerprint density at radius 1 is 1.12 bits per heavy atom. The number of hydrogen-bond acceptors (Lipinski definition) is 4. The third-order valence-electron chi connectivity index (χ3n) is 4.00. The molecule has 5 heteroatoms. The number of carbonyl (C=O) groups is 1. The lowest BCUT2D eigenvalue weighted by Crippen LogP contribution is -2.31. The molecule has 1 aliphatic heterocycles. The summed E-state index contributed by atoms with van der Waals surface area (Å²) in [5, 5.41) is 9.12. The van der Waals surface area contributed by atoms with Crippen LogP contribution in [0.3, 0.4) is 0 Å². The van der Waals surface area contributed by atoms with Gasteiger partial charge in [0.15, 0.2) is 5.17 Å². The molecule has 0 radical (unpaired) electrons. The number of amidine groups is 1. The molecular weight excluding hydrogens is 330 g/mol. The van der Waals surface area contributed by atoms with Gasteiger partial charge in [-0.3, -0.25) is 9.69 Å². The monoisotopic (exact) mass is 351 g/mol. The molecule has 1 aliphatic rings. The first kappa shape index (κ1) is 17.4. The van der Waals surface area contributed by atoms with E-state index in [1.54, 1.807) is 11.1 Å². The zero-order chi connectivity index (χ0) is 17.6. The Morgan fingerprint density at radius 2 is 1.84 bits per heavy atom. The second-order valence-corrected chi connectivity index (χ2v) is 7.13. The molecule has 128 valence electrons. The van der Waals surface area contributed by atoms with Gasteiger partial charge in [0.25, 0.3) is 0 Å². The zero-order valence-corrected chi connectivity index (χ0v) is 15.2.